The lowest BCUT2D eigenvalue weighted by Crippen LogP contribution is -2.31. The molecule has 180 valence electrons. The summed E-state index contributed by atoms with van der Waals surface area (Å²) in [7, 11) is 1.54. The Morgan fingerprint density at radius 2 is 1.72 bits per heavy atom. The molecule has 2 heterocycles. The molecule has 1 aromatic heterocycles. The lowest BCUT2D eigenvalue weighted by molar-refractivity contribution is -0.117. The number of carbonyl (C=O) groups excluding carboxylic acids is 2. The SMILES string of the molecule is COc1ccccc1C1C(C(=O)c2sc(-c3ccccc3)nc2C)=C(O)C(=O)N1c1cccc(C)c1. The van der Waals surface area contributed by atoms with Crippen LogP contribution >= 0.6 is 11.3 Å². The van der Waals surface area contributed by atoms with Crippen LogP contribution in [0.5, 0.6) is 5.75 Å². The Morgan fingerprint density at radius 3 is 2.44 bits per heavy atom. The van der Waals surface area contributed by atoms with Crippen LogP contribution < -0.4 is 9.64 Å². The Hall–Kier alpha value is -4.23. The van der Waals surface area contributed by atoms with Gasteiger partial charge in [0.25, 0.3) is 5.91 Å². The van der Waals surface area contributed by atoms with Gasteiger partial charge in [-0.05, 0) is 37.6 Å². The maximum atomic E-state index is 14.0. The predicted molar refractivity (Wildman–Crippen MR) is 141 cm³/mol. The zero-order valence-corrected chi connectivity index (χ0v) is 20.9. The molecule has 1 atom stereocenters. The molecular formula is C29H24N2O4S. The summed E-state index contributed by atoms with van der Waals surface area (Å²) in [5.74, 6) is -1.11. The molecule has 1 aliphatic heterocycles. The number of aliphatic hydroxyl groups excluding tert-OH is 1. The predicted octanol–water partition coefficient (Wildman–Crippen LogP) is 6.22. The number of Topliss-reactive ketones (excluding diaryl/α,β-unsaturated/α-hetero) is 1. The van der Waals surface area contributed by atoms with Crippen LogP contribution in [0.25, 0.3) is 10.6 Å². The number of rotatable bonds is 6. The van der Waals surface area contributed by atoms with E-state index in [0.29, 0.717) is 32.6 Å². The van der Waals surface area contributed by atoms with Gasteiger partial charge in [-0.3, -0.25) is 14.5 Å². The van der Waals surface area contributed by atoms with Crippen molar-refractivity contribution < 1.29 is 19.4 Å². The molecule has 0 bridgehead atoms. The monoisotopic (exact) mass is 496 g/mol. The van der Waals surface area contributed by atoms with Crippen LogP contribution in [-0.4, -0.2) is 28.9 Å². The zero-order chi connectivity index (χ0) is 25.4. The van der Waals surface area contributed by atoms with E-state index in [0.717, 1.165) is 11.1 Å². The van der Waals surface area contributed by atoms with E-state index in [1.807, 2.05) is 67.6 Å². The average molecular weight is 497 g/mol. The van der Waals surface area contributed by atoms with E-state index in [9.17, 15) is 14.7 Å². The number of ether oxygens (including phenoxy) is 1. The number of hydrogen-bond acceptors (Lipinski definition) is 6. The molecule has 1 unspecified atom stereocenters. The molecule has 4 aromatic rings. The molecule has 36 heavy (non-hydrogen) atoms. The van der Waals surface area contributed by atoms with Crippen molar-refractivity contribution in [3.05, 3.63) is 112 Å². The molecule has 0 saturated heterocycles. The Bertz CT molecular complexity index is 1510. The zero-order valence-electron chi connectivity index (χ0n) is 20.1. The summed E-state index contributed by atoms with van der Waals surface area (Å²) in [6, 6.07) is 23.4. The first-order valence-electron chi connectivity index (χ1n) is 11.4. The van der Waals surface area contributed by atoms with Crippen LogP contribution in [0.3, 0.4) is 0 Å². The number of ketones is 1. The van der Waals surface area contributed by atoms with Gasteiger partial charge in [-0.15, -0.1) is 11.3 Å². The van der Waals surface area contributed by atoms with Crippen LogP contribution in [0.1, 0.15) is 32.5 Å². The van der Waals surface area contributed by atoms with E-state index in [1.54, 1.807) is 25.1 Å². The summed E-state index contributed by atoms with van der Waals surface area (Å²) in [5.41, 5.74) is 3.59. The minimum atomic E-state index is -0.871. The van der Waals surface area contributed by atoms with Gasteiger partial charge in [0.05, 0.1) is 29.3 Å². The summed E-state index contributed by atoms with van der Waals surface area (Å²) >= 11 is 1.25. The molecular weight excluding hydrogens is 472 g/mol. The van der Waals surface area contributed by atoms with Gasteiger partial charge in [-0.25, -0.2) is 4.98 Å². The number of aromatic nitrogens is 1. The first-order chi connectivity index (χ1) is 17.4. The average Bonchev–Trinajstić information content (AvgIpc) is 3.41. The van der Waals surface area contributed by atoms with Gasteiger partial charge in [-0.1, -0.05) is 60.7 Å². The molecule has 0 fully saturated rings. The summed E-state index contributed by atoms with van der Waals surface area (Å²) in [4.78, 5) is 34.0. The number of amides is 1. The number of benzene rings is 3. The van der Waals surface area contributed by atoms with Gasteiger partial charge < -0.3 is 9.84 Å². The number of aryl methyl sites for hydroxylation is 2. The van der Waals surface area contributed by atoms with Gasteiger partial charge in [0.15, 0.2) is 5.76 Å². The lowest BCUT2D eigenvalue weighted by Gasteiger charge is -2.28. The molecule has 0 saturated carbocycles. The number of nitrogens with zero attached hydrogens (tertiary/aromatic N) is 2. The van der Waals surface area contributed by atoms with Crippen molar-refractivity contribution >= 4 is 28.7 Å². The Morgan fingerprint density at radius 1 is 1.00 bits per heavy atom. The number of anilines is 1. The molecule has 1 N–H and O–H groups in total. The summed E-state index contributed by atoms with van der Waals surface area (Å²) in [5, 5.41) is 11.8. The van der Waals surface area contributed by atoms with Gasteiger partial charge in [0.2, 0.25) is 5.78 Å². The van der Waals surface area contributed by atoms with E-state index in [4.69, 9.17) is 4.74 Å². The van der Waals surface area contributed by atoms with Crippen LogP contribution in [0.2, 0.25) is 0 Å². The molecule has 0 aliphatic carbocycles. The third-order valence-corrected chi connectivity index (χ3v) is 7.39. The fourth-order valence-electron chi connectivity index (χ4n) is 4.50. The molecule has 6 nitrogen and oxygen atoms in total. The maximum Gasteiger partial charge on any atom is 0.294 e. The van der Waals surface area contributed by atoms with Crippen LogP contribution in [0.15, 0.2) is 90.2 Å². The van der Waals surface area contributed by atoms with E-state index < -0.39 is 23.5 Å². The first-order valence-corrected chi connectivity index (χ1v) is 12.3. The molecule has 5 rings (SSSR count). The third kappa shape index (κ3) is 3.97. The highest BCUT2D eigenvalue weighted by molar-refractivity contribution is 7.17. The highest BCUT2D eigenvalue weighted by Gasteiger charge is 2.46. The Kier molecular flexibility index (Phi) is 6.16. The van der Waals surface area contributed by atoms with Gasteiger partial charge >= 0.3 is 0 Å². The molecule has 0 spiro atoms. The second-order valence-electron chi connectivity index (χ2n) is 8.55. The number of aliphatic hydroxyl groups is 1. The van der Waals surface area contributed by atoms with E-state index in [1.165, 1.54) is 23.3 Å². The standard InChI is InChI=1S/C29H24N2O4S/c1-17-10-9-13-20(16-17)31-24(21-14-7-8-15-22(21)35-3)23(26(33)29(31)34)25(32)27-18(2)30-28(36-27)19-11-5-4-6-12-19/h4-16,24,33H,1-3H3. The van der Waals surface area contributed by atoms with Gasteiger partial charge in [-0.2, -0.15) is 0 Å². The third-order valence-electron chi connectivity index (χ3n) is 6.19. The van der Waals surface area contributed by atoms with Crippen molar-refractivity contribution in [2.24, 2.45) is 0 Å². The van der Waals surface area contributed by atoms with E-state index >= 15 is 0 Å². The summed E-state index contributed by atoms with van der Waals surface area (Å²) < 4.78 is 5.59. The quantitative estimate of drug-likeness (QED) is 0.321. The molecule has 3 aromatic carbocycles. The molecule has 1 amide bonds. The highest BCUT2D eigenvalue weighted by atomic mass is 32.1. The number of thiazole rings is 1. The number of methoxy groups -OCH3 is 1. The van der Waals surface area contributed by atoms with Crippen molar-refractivity contribution in [3.63, 3.8) is 0 Å². The van der Waals surface area contributed by atoms with Crippen molar-refractivity contribution in [2.75, 3.05) is 12.0 Å². The number of hydrogen-bond donors (Lipinski definition) is 1. The number of para-hydroxylation sites is 1. The summed E-state index contributed by atoms with van der Waals surface area (Å²) in [6.07, 6.45) is 0. The summed E-state index contributed by atoms with van der Waals surface area (Å²) in [6.45, 7) is 3.69. The minimum Gasteiger partial charge on any atom is -0.503 e. The fourth-order valence-corrected chi connectivity index (χ4v) is 5.53. The Labute approximate surface area is 213 Å². The minimum absolute atomic E-state index is 0.0115. The van der Waals surface area contributed by atoms with Crippen molar-refractivity contribution in [2.45, 2.75) is 19.9 Å². The van der Waals surface area contributed by atoms with E-state index in [2.05, 4.69) is 4.98 Å². The second-order valence-corrected chi connectivity index (χ2v) is 9.55. The van der Waals surface area contributed by atoms with Crippen molar-refractivity contribution in [1.29, 1.82) is 0 Å². The van der Waals surface area contributed by atoms with E-state index in [-0.39, 0.29) is 5.57 Å². The highest BCUT2D eigenvalue weighted by Crippen LogP contribution is 2.45. The van der Waals surface area contributed by atoms with Gasteiger partial charge in [0.1, 0.15) is 10.8 Å². The molecule has 1 aliphatic rings. The molecule has 0 radical (unpaired) electrons. The fraction of sp³-hybridized carbons (Fsp3) is 0.138. The number of carbonyl (C=O) groups is 2. The van der Waals surface area contributed by atoms with Crippen molar-refractivity contribution in [3.8, 4) is 16.3 Å². The first kappa shape index (κ1) is 23.5. The maximum absolute atomic E-state index is 14.0. The largest absolute Gasteiger partial charge is 0.503 e. The normalized spacial score (nSPS) is 15.5. The van der Waals surface area contributed by atoms with Crippen LogP contribution in [0.4, 0.5) is 5.69 Å². The van der Waals surface area contributed by atoms with Crippen LogP contribution in [-0.2, 0) is 4.79 Å². The topological polar surface area (TPSA) is 79.7 Å². The van der Waals surface area contributed by atoms with Gasteiger partial charge in [0, 0.05) is 16.8 Å². The lowest BCUT2D eigenvalue weighted by atomic mass is 9.94. The molecule has 7 heteroatoms. The second kappa shape index (κ2) is 9.43. The van der Waals surface area contributed by atoms with Crippen molar-refractivity contribution in [1.82, 2.24) is 4.98 Å². The Balaban J connectivity index is 1.67. The van der Waals surface area contributed by atoms with Crippen LogP contribution in [0, 0.1) is 13.8 Å². The smallest absolute Gasteiger partial charge is 0.294 e.